The summed E-state index contributed by atoms with van der Waals surface area (Å²) in [6.07, 6.45) is 0. The second-order valence-corrected chi connectivity index (χ2v) is 3.48. The standard InChI is InChI=1S/C9H10ClNOS/c1-11(9(10)13)7-3-5-8(12-2)6-4-7/h3-6H,1-2H3. The minimum absolute atomic E-state index is 0.324. The van der Waals surface area contributed by atoms with Gasteiger partial charge in [0.25, 0.3) is 0 Å². The summed E-state index contributed by atoms with van der Waals surface area (Å²) in [6, 6.07) is 7.52. The molecular weight excluding hydrogens is 206 g/mol. The van der Waals surface area contributed by atoms with Gasteiger partial charge in [-0.15, -0.1) is 0 Å². The third-order valence-corrected chi connectivity index (χ3v) is 2.25. The highest BCUT2D eigenvalue weighted by Gasteiger charge is 2.03. The highest BCUT2D eigenvalue weighted by molar-refractivity contribution is 7.83. The second-order valence-electron chi connectivity index (χ2n) is 2.51. The van der Waals surface area contributed by atoms with Gasteiger partial charge in [-0.05, 0) is 36.5 Å². The SMILES string of the molecule is COc1ccc(N(C)C(=S)Cl)cc1. The van der Waals surface area contributed by atoms with Crippen LogP contribution in [0.1, 0.15) is 0 Å². The van der Waals surface area contributed by atoms with Crippen LogP contribution in [0.3, 0.4) is 0 Å². The Balaban J connectivity index is 2.85. The maximum Gasteiger partial charge on any atom is 0.174 e. The van der Waals surface area contributed by atoms with Crippen molar-refractivity contribution in [3.63, 3.8) is 0 Å². The summed E-state index contributed by atoms with van der Waals surface area (Å²) in [5, 5.41) is 0. The molecule has 1 rings (SSSR count). The van der Waals surface area contributed by atoms with Gasteiger partial charge in [0.1, 0.15) is 5.75 Å². The molecule has 0 aromatic heterocycles. The predicted octanol–water partition coefficient (Wildman–Crippen LogP) is 2.66. The van der Waals surface area contributed by atoms with Gasteiger partial charge in [-0.3, -0.25) is 0 Å². The van der Waals surface area contributed by atoms with E-state index in [1.807, 2.05) is 31.3 Å². The second kappa shape index (κ2) is 4.44. The first-order valence-electron chi connectivity index (χ1n) is 3.72. The van der Waals surface area contributed by atoms with Crippen LogP contribution >= 0.6 is 23.8 Å². The lowest BCUT2D eigenvalue weighted by atomic mass is 10.3. The molecule has 0 aliphatic carbocycles. The molecule has 0 fully saturated rings. The Labute approximate surface area is 88.1 Å². The van der Waals surface area contributed by atoms with Crippen molar-refractivity contribution in [2.75, 3.05) is 19.1 Å². The Bertz CT molecular complexity index is 299. The molecule has 0 aliphatic heterocycles. The van der Waals surface area contributed by atoms with Crippen molar-refractivity contribution in [1.82, 2.24) is 0 Å². The number of methoxy groups -OCH3 is 1. The van der Waals surface area contributed by atoms with E-state index in [0.717, 1.165) is 11.4 Å². The molecule has 0 saturated carbocycles. The van der Waals surface area contributed by atoms with Gasteiger partial charge in [0, 0.05) is 12.7 Å². The molecule has 0 atom stereocenters. The average Bonchev–Trinajstić information content (AvgIpc) is 2.17. The summed E-state index contributed by atoms with van der Waals surface area (Å²) in [4.78, 5) is 1.72. The molecule has 0 unspecified atom stereocenters. The van der Waals surface area contributed by atoms with Gasteiger partial charge in [0.15, 0.2) is 4.45 Å². The normalized spacial score (nSPS) is 9.46. The van der Waals surface area contributed by atoms with Gasteiger partial charge in [0.05, 0.1) is 7.11 Å². The fraction of sp³-hybridized carbons (Fsp3) is 0.222. The Kier molecular flexibility index (Phi) is 3.51. The van der Waals surface area contributed by atoms with Crippen LogP contribution in [-0.2, 0) is 0 Å². The van der Waals surface area contributed by atoms with Crippen molar-refractivity contribution in [2.24, 2.45) is 0 Å². The number of nitrogens with zero attached hydrogens (tertiary/aromatic N) is 1. The van der Waals surface area contributed by atoms with Crippen LogP contribution in [0.5, 0.6) is 5.75 Å². The monoisotopic (exact) mass is 215 g/mol. The van der Waals surface area contributed by atoms with Gasteiger partial charge >= 0.3 is 0 Å². The first kappa shape index (κ1) is 10.3. The summed E-state index contributed by atoms with van der Waals surface area (Å²) < 4.78 is 5.35. The third-order valence-electron chi connectivity index (χ3n) is 1.72. The van der Waals surface area contributed by atoms with Crippen molar-refractivity contribution in [3.05, 3.63) is 24.3 Å². The van der Waals surface area contributed by atoms with Gasteiger partial charge in [-0.25, -0.2) is 0 Å². The van der Waals surface area contributed by atoms with Crippen LogP contribution in [0.15, 0.2) is 24.3 Å². The van der Waals surface area contributed by atoms with E-state index in [0.29, 0.717) is 4.45 Å². The fourth-order valence-electron chi connectivity index (χ4n) is 0.907. The molecule has 13 heavy (non-hydrogen) atoms. The number of thiocarbonyl (C=S) groups is 1. The molecular formula is C9H10ClNOS. The smallest absolute Gasteiger partial charge is 0.174 e. The summed E-state index contributed by atoms with van der Waals surface area (Å²) >= 11 is 10.5. The number of anilines is 1. The molecule has 0 amide bonds. The Morgan fingerprint density at radius 3 is 2.31 bits per heavy atom. The van der Waals surface area contributed by atoms with E-state index < -0.39 is 0 Å². The predicted molar refractivity (Wildman–Crippen MR) is 59.8 cm³/mol. The average molecular weight is 216 g/mol. The molecule has 4 heteroatoms. The quantitative estimate of drug-likeness (QED) is 0.428. The minimum Gasteiger partial charge on any atom is -0.497 e. The molecule has 0 heterocycles. The van der Waals surface area contributed by atoms with Gasteiger partial charge in [0.2, 0.25) is 0 Å². The zero-order valence-electron chi connectivity index (χ0n) is 7.45. The van der Waals surface area contributed by atoms with E-state index in [9.17, 15) is 0 Å². The number of rotatable bonds is 2. The maximum absolute atomic E-state index is 5.66. The molecule has 70 valence electrons. The Morgan fingerprint density at radius 1 is 1.38 bits per heavy atom. The van der Waals surface area contributed by atoms with Gasteiger partial charge in [-0.2, -0.15) is 0 Å². The Hall–Kier alpha value is -0.800. The van der Waals surface area contributed by atoms with Crippen LogP contribution in [-0.4, -0.2) is 18.6 Å². The topological polar surface area (TPSA) is 12.5 Å². The molecule has 0 radical (unpaired) electrons. The lowest BCUT2D eigenvalue weighted by Gasteiger charge is -2.15. The zero-order chi connectivity index (χ0) is 9.84. The number of hydrogen-bond donors (Lipinski definition) is 0. The van der Waals surface area contributed by atoms with Crippen molar-refractivity contribution in [3.8, 4) is 5.75 Å². The molecule has 0 aliphatic rings. The highest BCUT2D eigenvalue weighted by atomic mass is 35.5. The van der Waals surface area contributed by atoms with E-state index in [2.05, 4.69) is 0 Å². The molecule has 1 aromatic carbocycles. The number of ether oxygens (including phenoxy) is 1. The van der Waals surface area contributed by atoms with Crippen molar-refractivity contribution in [2.45, 2.75) is 0 Å². The fourth-order valence-corrected chi connectivity index (χ4v) is 1.11. The van der Waals surface area contributed by atoms with E-state index in [-0.39, 0.29) is 0 Å². The highest BCUT2D eigenvalue weighted by Crippen LogP contribution is 2.18. The van der Waals surface area contributed by atoms with E-state index in [4.69, 9.17) is 28.6 Å². The summed E-state index contributed by atoms with van der Waals surface area (Å²) in [5.74, 6) is 0.817. The first-order chi connectivity index (χ1) is 6.15. The van der Waals surface area contributed by atoms with Crippen LogP contribution in [0, 0.1) is 0 Å². The maximum atomic E-state index is 5.66. The molecule has 0 bridgehead atoms. The molecule has 0 spiro atoms. The molecule has 0 N–H and O–H groups in total. The summed E-state index contributed by atoms with van der Waals surface area (Å²) in [6.45, 7) is 0. The number of benzene rings is 1. The summed E-state index contributed by atoms with van der Waals surface area (Å²) in [5.41, 5.74) is 0.945. The Morgan fingerprint density at radius 2 is 1.92 bits per heavy atom. The van der Waals surface area contributed by atoms with Gasteiger partial charge < -0.3 is 9.64 Å². The molecule has 1 aromatic rings. The lowest BCUT2D eigenvalue weighted by Crippen LogP contribution is -2.18. The summed E-state index contributed by atoms with van der Waals surface area (Å²) in [7, 11) is 3.45. The van der Waals surface area contributed by atoms with Crippen molar-refractivity contribution < 1.29 is 4.74 Å². The van der Waals surface area contributed by atoms with Gasteiger partial charge in [-0.1, -0.05) is 11.6 Å². The van der Waals surface area contributed by atoms with E-state index in [1.54, 1.807) is 12.0 Å². The lowest BCUT2D eigenvalue weighted by molar-refractivity contribution is 0.415. The van der Waals surface area contributed by atoms with Crippen LogP contribution in [0.4, 0.5) is 5.69 Å². The minimum atomic E-state index is 0.324. The van der Waals surface area contributed by atoms with Crippen molar-refractivity contribution in [1.29, 1.82) is 0 Å². The third kappa shape index (κ3) is 2.57. The first-order valence-corrected chi connectivity index (χ1v) is 4.51. The zero-order valence-corrected chi connectivity index (χ0v) is 9.02. The van der Waals surface area contributed by atoms with E-state index in [1.165, 1.54) is 0 Å². The number of hydrogen-bond acceptors (Lipinski definition) is 2. The largest absolute Gasteiger partial charge is 0.497 e. The van der Waals surface area contributed by atoms with Crippen LogP contribution in [0.25, 0.3) is 0 Å². The molecule has 0 saturated heterocycles. The number of halogens is 1. The van der Waals surface area contributed by atoms with E-state index >= 15 is 0 Å². The van der Waals surface area contributed by atoms with Crippen LogP contribution < -0.4 is 9.64 Å². The van der Waals surface area contributed by atoms with Crippen molar-refractivity contribution >= 4 is 34.0 Å². The van der Waals surface area contributed by atoms with Crippen LogP contribution in [0.2, 0.25) is 0 Å². The molecule has 2 nitrogen and oxygen atoms in total.